The average molecular weight is 587 g/mol. The highest BCUT2D eigenvalue weighted by Crippen LogP contribution is 2.31. The smallest absolute Gasteiger partial charge is 0.280 e. The Labute approximate surface area is 238 Å². The van der Waals surface area contributed by atoms with Crippen molar-refractivity contribution in [3.63, 3.8) is 0 Å². The van der Waals surface area contributed by atoms with E-state index >= 15 is 0 Å². The maximum absolute atomic E-state index is 12.2. The van der Waals surface area contributed by atoms with E-state index in [-0.39, 0.29) is 40.9 Å². The van der Waals surface area contributed by atoms with Crippen molar-refractivity contribution in [2.75, 3.05) is 75.8 Å². The van der Waals surface area contributed by atoms with Crippen molar-refractivity contribution >= 4 is 34.4 Å². The van der Waals surface area contributed by atoms with Crippen LogP contribution in [0.25, 0.3) is 11.2 Å². The first kappa shape index (κ1) is 29.3. The molecule has 42 heavy (non-hydrogen) atoms. The van der Waals surface area contributed by atoms with Crippen molar-refractivity contribution in [2.24, 2.45) is 0 Å². The Hall–Kier alpha value is -4.16. The first-order chi connectivity index (χ1) is 20.2. The Morgan fingerprint density at radius 2 is 1.90 bits per heavy atom. The van der Waals surface area contributed by atoms with E-state index in [1.807, 2.05) is 11.9 Å². The Morgan fingerprint density at radius 1 is 1.19 bits per heavy atom. The van der Waals surface area contributed by atoms with Crippen molar-refractivity contribution in [3.8, 4) is 0 Å². The molecule has 2 aromatic heterocycles. The lowest BCUT2D eigenvalue weighted by Crippen LogP contribution is -2.45. The Balaban J connectivity index is 1.12. The number of aromatic amines is 1. The number of aliphatic hydroxyl groups excluding tert-OH is 2. The number of aromatic nitrogens is 4. The van der Waals surface area contributed by atoms with E-state index in [1.54, 1.807) is 17.1 Å². The second-order valence-electron chi connectivity index (χ2n) is 10.3. The summed E-state index contributed by atoms with van der Waals surface area (Å²) in [6.07, 6.45) is -0.262. The van der Waals surface area contributed by atoms with Crippen LogP contribution in [-0.4, -0.2) is 123 Å². The normalized spacial score (nSPS) is 23.0. The first-order valence-electron chi connectivity index (χ1n) is 13.6. The highest BCUT2D eigenvalue weighted by Gasteiger charge is 2.44. The quantitative estimate of drug-likeness (QED) is 0.0849. The van der Waals surface area contributed by atoms with Gasteiger partial charge >= 0.3 is 0 Å². The van der Waals surface area contributed by atoms with Gasteiger partial charge in [0.25, 0.3) is 16.4 Å². The van der Waals surface area contributed by atoms with Gasteiger partial charge in [-0.15, -0.1) is 0 Å². The summed E-state index contributed by atoms with van der Waals surface area (Å²) in [6, 6.07) is 0. The molecule has 17 heteroatoms. The predicted molar refractivity (Wildman–Crippen MR) is 153 cm³/mol. The number of ether oxygens (including phenoxy) is 1. The summed E-state index contributed by atoms with van der Waals surface area (Å²) >= 11 is 0. The Bertz CT molecular complexity index is 1590. The second kappa shape index (κ2) is 12.4. The molecule has 2 aliphatic rings. The van der Waals surface area contributed by atoms with E-state index in [4.69, 9.17) is 10.5 Å². The highest BCUT2D eigenvalue weighted by atomic mass is 16.6. The molecular weight excluding hydrogens is 552 g/mol. The molecule has 4 atom stereocenters. The zero-order valence-electron chi connectivity index (χ0n) is 22.9. The fraction of sp³-hybridized carbons (Fsp3) is 0.520. The number of carbonyl (C=O) groups is 1. The Kier molecular flexibility index (Phi) is 8.64. The highest BCUT2D eigenvalue weighted by molar-refractivity contribution is 5.87. The van der Waals surface area contributed by atoms with Crippen molar-refractivity contribution in [1.29, 1.82) is 0 Å². The monoisotopic (exact) mass is 586 g/mol. The molecule has 1 aromatic carbocycles. The number of hydrogen-bond donors (Lipinski definition) is 7. The number of anilines is 3. The number of piperazine rings is 1. The topological polar surface area (TPSA) is 233 Å². The van der Waals surface area contributed by atoms with Gasteiger partial charge in [0.05, 0.1) is 6.33 Å². The number of nitrogens with one attached hydrogen (secondary N) is 4. The first-order valence-corrected chi connectivity index (χ1v) is 13.6. The third-order valence-electron chi connectivity index (χ3n) is 7.35. The average Bonchev–Trinajstić information content (AvgIpc) is 3.52. The minimum Gasteiger partial charge on any atom is -0.387 e. The fourth-order valence-corrected chi connectivity index (χ4v) is 4.98. The number of imidazole rings is 1. The third kappa shape index (κ3) is 5.90. The molecule has 0 saturated carbocycles. The molecule has 1 amide bonds. The Morgan fingerprint density at radius 3 is 2.64 bits per heavy atom. The number of nitrogen functional groups attached to an aromatic ring is 1. The number of nitrogens with zero attached hydrogens (tertiary/aromatic N) is 5. The molecule has 5 rings (SSSR count). The molecule has 2 saturated heterocycles. The molecule has 0 spiro atoms. The van der Waals surface area contributed by atoms with Crippen LogP contribution in [0.2, 0.25) is 0 Å². The van der Waals surface area contributed by atoms with E-state index in [0.717, 1.165) is 13.1 Å². The molecule has 8 N–H and O–H groups in total. The fourth-order valence-electron chi connectivity index (χ4n) is 4.98. The summed E-state index contributed by atoms with van der Waals surface area (Å²) in [4.78, 5) is 62.8. The van der Waals surface area contributed by atoms with Crippen LogP contribution >= 0.6 is 0 Å². The van der Waals surface area contributed by atoms with Gasteiger partial charge in [-0.3, -0.25) is 28.7 Å². The molecule has 0 radical (unpaired) electrons. The lowest BCUT2D eigenvalue weighted by molar-refractivity contribution is -0.126. The number of nitrogens with two attached hydrogens (primary N) is 1. The number of aliphatic hydroxyl groups is 2. The molecule has 226 valence electrons. The van der Waals surface area contributed by atoms with E-state index in [9.17, 15) is 29.4 Å². The summed E-state index contributed by atoms with van der Waals surface area (Å²) in [6.45, 7) is 4.27. The number of fused-ring (bicyclic) bond motifs is 1. The second-order valence-corrected chi connectivity index (χ2v) is 10.3. The maximum Gasteiger partial charge on any atom is 0.280 e. The van der Waals surface area contributed by atoms with E-state index in [2.05, 4.69) is 30.9 Å². The van der Waals surface area contributed by atoms with Gasteiger partial charge in [-0.25, -0.2) is 4.98 Å². The summed E-state index contributed by atoms with van der Waals surface area (Å²) in [5.41, 5.74) is 3.95. The lowest BCUT2D eigenvalue weighted by Gasteiger charge is -2.26. The third-order valence-corrected chi connectivity index (χ3v) is 7.35. The molecule has 3 aromatic rings. The number of carbonyl (C=O) groups excluding carboxylic acids is 1. The van der Waals surface area contributed by atoms with Crippen LogP contribution in [0.15, 0.2) is 32.9 Å². The zero-order valence-corrected chi connectivity index (χ0v) is 22.9. The molecule has 0 aliphatic carbocycles. The van der Waals surface area contributed by atoms with Crippen LogP contribution < -0.4 is 38.1 Å². The summed E-state index contributed by atoms with van der Waals surface area (Å²) in [5, 5.41) is 30.2. The molecule has 2 aliphatic heterocycles. The summed E-state index contributed by atoms with van der Waals surface area (Å²) < 4.78 is 7.12. The number of hydrogen-bond acceptors (Lipinski definition) is 14. The number of likely N-dealkylation sites (N-methyl/N-ethyl adjacent to an activating group) is 1. The standard InChI is InChI=1S/C25H34N10O7/c1-33(7-2-3-14(36)34-9-4-27-5-10-34)8-6-28-15-16(20(39)19(15)38)29-11-13-18(37)21(40)24(42-13)35-12-30-17-22(35)31-25(26)32-23(17)41/h2-3,12-13,18,21,24,27-29,37,40H,4-11H2,1H3,(H3,26,31,32,41)/b3-2+/t13-,18?,21?,24-/m1/s1. The van der Waals surface area contributed by atoms with Crippen LogP contribution in [0.4, 0.5) is 17.3 Å². The number of amides is 1. The van der Waals surface area contributed by atoms with Gasteiger partial charge in [0.15, 0.2) is 17.4 Å². The molecule has 4 heterocycles. The van der Waals surface area contributed by atoms with Crippen molar-refractivity contribution in [2.45, 2.75) is 24.5 Å². The van der Waals surface area contributed by atoms with Crippen LogP contribution in [0.3, 0.4) is 0 Å². The van der Waals surface area contributed by atoms with Crippen LogP contribution in [0, 0.1) is 0 Å². The zero-order chi connectivity index (χ0) is 30.0. The molecular formula is C25H34N10O7. The van der Waals surface area contributed by atoms with Crippen LogP contribution in [-0.2, 0) is 9.53 Å². The van der Waals surface area contributed by atoms with Crippen molar-refractivity contribution in [3.05, 3.63) is 49.3 Å². The van der Waals surface area contributed by atoms with E-state index in [1.165, 1.54) is 10.9 Å². The van der Waals surface area contributed by atoms with E-state index < -0.39 is 41.0 Å². The molecule has 0 bridgehead atoms. The number of H-pyrrole nitrogens is 1. The van der Waals surface area contributed by atoms with Crippen molar-refractivity contribution in [1.82, 2.24) is 34.6 Å². The SMILES string of the molecule is CN(C/C=C/C(=O)N1CCNCC1)CCNc1c(NC[C@H]2O[C@@H](n3cnc4c(=O)[nH]c(N)nc43)C(O)C2O)c(=O)c1=O. The van der Waals surface area contributed by atoms with Gasteiger partial charge in [0.2, 0.25) is 11.9 Å². The van der Waals surface area contributed by atoms with Gasteiger partial charge in [0, 0.05) is 58.4 Å². The lowest BCUT2D eigenvalue weighted by atomic mass is 10.1. The molecule has 2 fully saturated rings. The van der Waals surface area contributed by atoms with Crippen LogP contribution in [0.1, 0.15) is 6.23 Å². The summed E-state index contributed by atoms with van der Waals surface area (Å²) in [5.74, 6) is -0.170. The van der Waals surface area contributed by atoms with E-state index in [0.29, 0.717) is 32.7 Å². The number of rotatable bonds is 11. The van der Waals surface area contributed by atoms with Gasteiger partial charge in [0.1, 0.15) is 29.7 Å². The minimum atomic E-state index is -1.40. The van der Waals surface area contributed by atoms with Gasteiger partial charge in [-0.1, -0.05) is 6.08 Å². The predicted octanol–water partition coefficient (Wildman–Crippen LogP) is -3.64. The summed E-state index contributed by atoms with van der Waals surface area (Å²) in [7, 11) is 1.87. The molecule has 2 unspecified atom stereocenters. The molecule has 17 nitrogen and oxygen atoms in total. The van der Waals surface area contributed by atoms with Gasteiger partial charge < -0.3 is 46.4 Å². The largest absolute Gasteiger partial charge is 0.387 e. The maximum atomic E-state index is 12.2. The van der Waals surface area contributed by atoms with Gasteiger partial charge in [-0.2, -0.15) is 4.98 Å². The van der Waals surface area contributed by atoms with Gasteiger partial charge in [-0.05, 0) is 7.05 Å². The minimum absolute atomic E-state index is 0.0131. The van der Waals surface area contributed by atoms with Crippen molar-refractivity contribution < 1.29 is 19.7 Å². The van der Waals surface area contributed by atoms with Crippen LogP contribution in [0.5, 0.6) is 0 Å².